The zero-order valence-corrected chi connectivity index (χ0v) is 53.1. The summed E-state index contributed by atoms with van der Waals surface area (Å²) in [6, 6.07) is 0. The molecule has 0 spiro atoms. The van der Waals surface area contributed by atoms with Crippen molar-refractivity contribution in [2.45, 2.75) is 386 Å². The summed E-state index contributed by atoms with van der Waals surface area (Å²) in [5.74, 6) is -0.804. The maximum absolute atomic E-state index is 12.7. The van der Waals surface area contributed by atoms with Gasteiger partial charge in [-0.15, -0.1) is 0 Å². The summed E-state index contributed by atoms with van der Waals surface area (Å²) in [4.78, 5) is 35.3. The predicted molar refractivity (Wildman–Crippen MR) is 335 cm³/mol. The van der Waals surface area contributed by atoms with Gasteiger partial charge in [-0.2, -0.15) is 0 Å². The van der Waals surface area contributed by atoms with Gasteiger partial charge in [0.25, 0.3) is 0 Å². The lowest BCUT2D eigenvalue weighted by molar-refractivity contribution is -0.161. The van der Waals surface area contributed by atoms with Gasteiger partial charge in [-0.05, 0) is 38.5 Å². The highest BCUT2D eigenvalue weighted by molar-refractivity contribution is 7.47. The number of hydrogen-bond donors (Lipinski definition) is 2. The lowest BCUT2D eigenvalue weighted by atomic mass is 10.0. The third-order valence-corrected chi connectivity index (χ3v) is 16.9. The molecule has 0 radical (unpaired) electrons. The minimum atomic E-state index is -4.39. The Morgan fingerprint density at radius 3 is 0.910 bits per heavy atom. The van der Waals surface area contributed by atoms with Crippen molar-refractivity contribution in [2.24, 2.45) is 5.73 Å². The van der Waals surface area contributed by atoms with Crippen LogP contribution in [0.5, 0.6) is 0 Å². The molecule has 0 aliphatic heterocycles. The molecule has 2 unspecified atom stereocenters. The second kappa shape index (κ2) is 64.9. The van der Waals surface area contributed by atoms with E-state index in [4.69, 9.17) is 24.3 Å². The molecular formula is C68H134NO8P. The van der Waals surface area contributed by atoms with E-state index in [0.29, 0.717) is 6.42 Å². The zero-order valence-electron chi connectivity index (χ0n) is 52.2. The smallest absolute Gasteiger partial charge is 0.462 e. The van der Waals surface area contributed by atoms with Gasteiger partial charge in [0.1, 0.15) is 6.61 Å². The van der Waals surface area contributed by atoms with Crippen LogP contribution in [0, 0.1) is 0 Å². The van der Waals surface area contributed by atoms with Crippen LogP contribution in [0.3, 0.4) is 0 Å². The van der Waals surface area contributed by atoms with Gasteiger partial charge in [0.15, 0.2) is 6.10 Å². The Labute approximate surface area is 485 Å². The van der Waals surface area contributed by atoms with E-state index < -0.39 is 26.5 Å². The van der Waals surface area contributed by atoms with Crippen molar-refractivity contribution in [1.82, 2.24) is 0 Å². The fourth-order valence-corrected chi connectivity index (χ4v) is 11.5. The van der Waals surface area contributed by atoms with Crippen LogP contribution in [-0.4, -0.2) is 49.3 Å². The molecule has 0 aliphatic carbocycles. The van der Waals surface area contributed by atoms with Crippen LogP contribution in [0.4, 0.5) is 0 Å². The molecular weight excluding hydrogens is 990 g/mol. The molecule has 3 N–H and O–H groups in total. The molecule has 78 heavy (non-hydrogen) atoms. The van der Waals surface area contributed by atoms with Gasteiger partial charge >= 0.3 is 19.8 Å². The van der Waals surface area contributed by atoms with Crippen molar-refractivity contribution < 1.29 is 37.6 Å². The number of phosphoric acid groups is 1. The lowest BCUT2D eigenvalue weighted by Crippen LogP contribution is -2.29. The number of carbonyl (C=O) groups is 2. The third kappa shape index (κ3) is 63.9. The quantitative estimate of drug-likeness (QED) is 0.0264. The number of nitrogens with two attached hydrogens (primary N) is 1. The van der Waals surface area contributed by atoms with E-state index in [1.165, 1.54) is 315 Å². The highest BCUT2D eigenvalue weighted by Crippen LogP contribution is 2.43. The first-order valence-corrected chi connectivity index (χ1v) is 36.2. The number of carbonyl (C=O) groups excluding carboxylic acids is 2. The Hall–Kier alpha value is -1.25. The normalized spacial score (nSPS) is 12.9. The van der Waals surface area contributed by atoms with Crippen LogP contribution in [0.2, 0.25) is 0 Å². The van der Waals surface area contributed by atoms with Crippen LogP contribution in [0.25, 0.3) is 0 Å². The van der Waals surface area contributed by atoms with E-state index in [0.717, 1.165) is 32.1 Å². The van der Waals surface area contributed by atoms with Gasteiger partial charge in [0, 0.05) is 19.4 Å². The molecule has 0 saturated carbocycles. The molecule has 2 atom stereocenters. The van der Waals surface area contributed by atoms with Crippen molar-refractivity contribution in [3.05, 3.63) is 12.2 Å². The molecule has 10 heteroatoms. The molecule has 0 aliphatic rings. The molecule has 0 bridgehead atoms. The second-order valence-electron chi connectivity index (χ2n) is 23.8. The van der Waals surface area contributed by atoms with Gasteiger partial charge < -0.3 is 20.1 Å². The number of unbranched alkanes of at least 4 members (excludes halogenated alkanes) is 52. The fourth-order valence-electron chi connectivity index (χ4n) is 10.8. The van der Waals surface area contributed by atoms with E-state index >= 15 is 0 Å². The molecule has 0 aromatic rings. The first kappa shape index (κ1) is 76.8. The minimum Gasteiger partial charge on any atom is -0.462 e. The number of rotatable bonds is 67. The van der Waals surface area contributed by atoms with Crippen molar-refractivity contribution in [1.29, 1.82) is 0 Å². The maximum Gasteiger partial charge on any atom is 0.472 e. The van der Waals surface area contributed by atoms with E-state index in [1.807, 2.05) is 0 Å². The lowest BCUT2D eigenvalue weighted by Gasteiger charge is -2.19. The number of allylic oxidation sites excluding steroid dienone is 2. The Balaban J connectivity index is 3.79. The van der Waals surface area contributed by atoms with E-state index in [2.05, 4.69) is 26.0 Å². The van der Waals surface area contributed by atoms with Gasteiger partial charge in [0.05, 0.1) is 13.2 Å². The fraction of sp³-hybridized carbons (Fsp3) is 0.941. The Bertz CT molecular complexity index is 1280. The summed E-state index contributed by atoms with van der Waals surface area (Å²) in [5, 5.41) is 0. The average Bonchev–Trinajstić information content (AvgIpc) is 3.43. The zero-order chi connectivity index (χ0) is 56.6. The minimum absolute atomic E-state index is 0.0570. The first-order chi connectivity index (χ1) is 38.3. The molecule has 0 fully saturated rings. The van der Waals surface area contributed by atoms with Gasteiger partial charge in [-0.25, -0.2) is 4.57 Å². The van der Waals surface area contributed by atoms with E-state index in [9.17, 15) is 19.0 Å². The summed E-state index contributed by atoms with van der Waals surface area (Å²) in [5.41, 5.74) is 5.40. The van der Waals surface area contributed by atoms with Crippen LogP contribution in [-0.2, 0) is 32.7 Å². The standard InChI is InChI=1S/C68H134NO8P/c1-3-5-7-9-11-13-15-17-19-21-23-25-27-28-29-30-31-32-33-34-35-36-37-39-40-42-44-46-48-50-52-54-56-58-60-67(70)74-64-66(65-76-78(72,73)75-63-62-69)77-68(71)61-59-57-55-53-51-49-47-45-43-41-38-26-24-22-20-18-16-14-12-10-8-6-4-2/h22,24,66H,3-21,23,25-65,69H2,1-2H3,(H,72,73)/b24-22-. The maximum atomic E-state index is 12.7. The van der Waals surface area contributed by atoms with Gasteiger partial charge in [-0.1, -0.05) is 341 Å². The first-order valence-electron chi connectivity index (χ1n) is 34.7. The number of esters is 2. The summed E-state index contributed by atoms with van der Waals surface area (Å²) >= 11 is 0. The molecule has 9 nitrogen and oxygen atoms in total. The molecule has 464 valence electrons. The predicted octanol–water partition coefficient (Wildman–Crippen LogP) is 22.4. The summed E-state index contributed by atoms with van der Waals surface area (Å²) in [6.45, 7) is 3.83. The monoisotopic (exact) mass is 1120 g/mol. The largest absolute Gasteiger partial charge is 0.472 e. The molecule has 0 rings (SSSR count). The molecule has 0 aromatic carbocycles. The highest BCUT2D eigenvalue weighted by Gasteiger charge is 2.26. The SMILES string of the molecule is CCCCCCCCCC/C=C\CCCCCCCCCCCCCC(=O)OC(COC(=O)CCCCCCCCCCCCCCCCCCCCCCCCCCCCCCCCCCCC)COP(=O)(O)OCCN. The molecule has 0 amide bonds. The third-order valence-electron chi connectivity index (χ3n) is 15.9. The summed E-state index contributed by atoms with van der Waals surface area (Å²) < 4.78 is 33.2. The van der Waals surface area contributed by atoms with Crippen LogP contribution in [0.1, 0.15) is 380 Å². The number of ether oxygens (including phenoxy) is 2. The van der Waals surface area contributed by atoms with Gasteiger partial charge in [-0.3, -0.25) is 18.6 Å². The average molecular weight is 1120 g/mol. The van der Waals surface area contributed by atoms with Crippen LogP contribution < -0.4 is 5.73 Å². The van der Waals surface area contributed by atoms with Crippen LogP contribution >= 0.6 is 7.82 Å². The number of phosphoric ester groups is 1. The van der Waals surface area contributed by atoms with E-state index in [1.54, 1.807) is 0 Å². The van der Waals surface area contributed by atoms with E-state index in [-0.39, 0.29) is 38.6 Å². The van der Waals surface area contributed by atoms with Crippen molar-refractivity contribution >= 4 is 19.8 Å². The van der Waals surface area contributed by atoms with Crippen molar-refractivity contribution in [3.8, 4) is 0 Å². The van der Waals surface area contributed by atoms with Crippen molar-refractivity contribution in [2.75, 3.05) is 26.4 Å². The second-order valence-corrected chi connectivity index (χ2v) is 25.2. The molecule has 0 saturated heterocycles. The van der Waals surface area contributed by atoms with Crippen LogP contribution in [0.15, 0.2) is 12.2 Å². The highest BCUT2D eigenvalue weighted by atomic mass is 31.2. The van der Waals surface area contributed by atoms with Crippen molar-refractivity contribution in [3.63, 3.8) is 0 Å². The summed E-state index contributed by atoms with van der Waals surface area (Å²) in [7, 11) is -4.39. The Morgan fingerprint density at radius 2 is 0.628 bits per heavy atom. The molecule has 0 heterocycles. The topological polar surface area (TPSA) is 134 Å². The van der Waals surface area contributed by atoms with Gasteiger partial charge in [0.2, 0.25) is 0 Å². The number of hydrogen-bond acceptors (Lipinski definition) is 8. The Kier molecular flexibility index (Phi) is 63.9. The Morgan fingerprint density at radius 1 is 0.372 bits per heavy atom. The summed E-state index contributed by atoms with van der Waals surface area (Å²) in [6.07, 6.45) is 77.5. The molecule has 0 aromatic heterocycles.